The molecule has 3 aliphatic rings. The minimum absolute atomic E-state index is 0.0505. The van der Waals surface area contributed by atoms with E-state index in [9.17, 15) is 49.8 Å². The largest absolute Gasteiger partial charge is 0.465 e. The number of morpholine rings is 1. The van der Waals surface area contributed by atoms with Crippen LogP contribution in [-0.2, 0) is 42.9 Å². The highest BCUT2D eigenvalue weighted by atomic mass is 28.3. The molecule has 0 aromatic carbocycles. The molecule has 19 heteroatoms. The topological polar surface area (TPSA) is 272 Å². The van der Waals surface area contributed by atoms with Crippen molar-refractivity contribution in [3.05, 3.63) is 0 Å². The van der Waals surface area contributed by atoms with Crippen molar-refractivity contribution < 1.29 is 73.5 Å². The molecule has 3 saturated heterocycles. The number of rotatable bonds is 12. The lowest BCUT2D eigenvalue weighted by molar-refractivity contribution is -0.344. The van der Waals surface area contributed by atoms with E-state index < -0.39 is 124 Å². The average Bonchev–Trinajstić information content (AvgIpc) is 2.98. The number of methoxy groups -OCH3 is 1. The maximum Gasteiger partial charge on any atom is 0.366 e. The molecule has 18 nitrogen and oxygen atoms in total. The van der Waals surface area contributed by atoms with Gasteiger partial charge in [-0.25, -0.2) is 4.79 Å². The monoisotopic (exact) mass is 695 g/mol. The van der Waals surface area contributed by atoms with Crippen LogP contribution in [0.5, 0.6) is 0 Å². The zero-order valence-electron chi connectivity index (χ0n) is 27.4. The van der Waals surface area contributed by atoms with Gasteiger partial charge in [0.1, 0.15) is 36.6 Å². The highest BCUT2D eigenvalue weighted by molar-refractivity contribution is 6.76. The molecule has 0 aliphatic carbocycles. The second kappa shape index (κ2) is 15.5. The molecule has 3 aliphatic heterocycles. The summed E-state index contributed by atoms with van der Waals surface area (Å²) in [6.45, 7) is 7.28. The third-order valence-corrected chi connectivity index (χ3v) is 10.1. The second-order valence-corrected chi connectivity index (χ2v) is 19.0. The number of aliphatic hydroxyl groups excluding tert-OH is 6. The van der Waals surface area contributed by atoms with Crippen LogP contribution >= 0.6 is 0 Å². The van der Waals surface area contributed by atoms with Gasteiger partial charge in [0.25, 0.3) is 17.5 Å². The predicted molar refractivity (Wildman–Crippen MR) is 161 cm³/mol. The maximum absolute atomic E-state index is 13.2. The van der Waals surface area contributed by atoms with E-state index in [0.717, 1.165) is 14.0 Å². The van der Waals surface area contributed by atoms with Gasteiger partial charge in [0.05, 0.1) is 38.0 Å². The molecule has 0 aromatic rings. The molecule has 1 spiro atoms. The fourth-order valence-corrected chi connectivity index (χ4v) is 6.61. The number of esters is 1. The summed E-state index contributed by atoms with van der Waals surface area (Å²) in [7, 11) is -0.584. The van der Waals surface area contributed by atoms with Crippen molar-refractivity contribution in [2.45, 2.75) is 125 Å². The Kier molecular flexibility index (Phi) is 12.9. The summed E-state index contributed by atoms with van der Waals surface area (Å²) in [4.78, 5) is 50.4. The summed E-state index contributed by atoms with van der Waals surface area (Å²) >= 11 is 0. The summed E-state index contributed by atoms with van der Waals surface area (Å²) < 4.78 is 28.8. The molecule has 0 bridgehead atoms. The van der Waals surface area contributed by atoms with Crippen LogP contribution in [0.15, 0.2) is 0 Å². The molecule has 3 amide bonds. The standard InChI is InChI=1S/C28H49N3O15Si/c1-13(33)30-19-15(35)9-27(45-23(19)21(38)17(37)12-32)25(40)29-11-18(44-27)22(39)24-20(31-14(2)34)16(36)10-28(46-24,26(41)42-3)43-7-8-47(4,5)6/h15-24,32,35-39H,7-12H2,1-6H3,(H,29,40)(H,30,33)(H,31,34)/t15-,16-,17+,18+,19+,20+,21+,22+,23+,24+,27+,28+/m0/s1. The van der Waals surface area contributed by atoms with E-state index in [1.807, 2.05) is 0 Å². The van der Waals surface area contributed by atoms with Gasteiger partial charge in [-0.05, 0) is 6.04 Å². The second-order valence-electron chi connectivity index (χ2n) is 13.4. The van der Waals surface area contributed by atoms with Gasteiger partial charge in [-0.1, -0.05) is 19.6 Å². The van der Waals surface area contributed by atoms with E-state index in [1.165, 1.54) is 6.92 Å². The quantitative estimate of drug-likeness (QED) is 0.0692. The number of carbonyl (C=O) groups excluding carboxylic acids is 4. The van der Waals surface area contributed by atoms with Gasteiger partial charge in [-0.3, -0.25) is 14.4 Å². The number of amides is 3. The van der Waals surface area contributed by atoms with Crippen molar-refractivity contribution in [2.75, 3.05) is 26.9 Å². The van der Waals surface area contributed by atoms with Gasteiger partial charge < -0.3 is 70.3 Å². The molecular formula is C28H49N3O15Si. The summed E-state index contributed by atoms with van der Waals surface area (Å²) in [5, 5.41) is 71.7. The lowest BCUT2D eigenvalue weighted by atomic mass is 9.86. The van der Waals surface area contributed by atoms with Crippen molar-refractivity contribution in [3.8, 4) is 0 Å². The van der Waals surface area contributed by atoms with Gasteiger partial charge in [0.15, 0.2) is 0 Å². The highest BCUT2D eigenvalue weighted by Gasteiger charge is 2.61. The van der Waals surface area contributed by atoms with Crippen LogP contribution in [0.4, 0.5) is 0 Å². The van der Waals surface area contributed by atoms with E-state index in [0.29, 0.717) is 6.04 Å². The van der Waals surface area contributed by atoms with Crippen molar-refractivity contribution in [1.29, 1.82) is 0 Å². The summed E-state index contributed by atoms with van der Waals surface area (Å²) in [5.74, 6) is -7.77. The van der Waals surface area contributed by atoms with Crippen LogP contribution in [0.3, 0.4) is 0 Å². The Morgan fingerprint density at radius 1 is 0.979 bits per heavy atom. The van der Waals surface area contributed by atoms with Gasteiger partial charge in [-0.2, -0.15) is 0 Å². The van der Waals surface area contributed by atoms with Crippen molar-refractivity contribution in [2.24, 2.45) is 0 Å². The van der Waals surface area contributed by atoms with E-state index in [1.54, 1.807) is 0 Å². The number of hydrogen-bond acceptors (Lipinski definition) is 15. The smallest absolute Gasteiger partial charge is 0.366 e. The number of carbonyl (C=O) groups is 4. The fraction of sp³-hybridized carbons (Fsp3) is 0.857. The van der Waals surface area contributed by atoms with Crippen molar-refractivity contribution in [3.63, 3.8) is 0 Å². The Hall–Kier alpha value is -2.30. The van der Waals surface area contributed by atoms with E-state index in [2.05, 4.69) is 35.6 Å². The first-order valence-corrected chi connectivity index (χ1v) is 19.1. The van der Waals surface area contributed by atoms with Crippen LogP contribution in [0.2, 0.25) is 25.7 Å². The Labute approximate surface area is 273 Å². The van der Waals surface area contributed by atoms with Crippen LogP contribution in [-0.4, -0.2) is 162 Å². The molecular weight excluding hydrogens is 646 g/mol. The molecule has 0 saturated carbocycles. The third kappa shape index (κ3) is 9.04. The van der Waals surface area contributed by atoms with Gasteiger partial charge in [0.2, 0.25) is 11.8 Å². The lowest BCUT2D eigenvalue weighted by Gasteiger charge is -2.52. The minimum Gasteiger partial charge on any atom is -0.465 e. The van der Waals surface area contributed by atoms with Crippen LogP contribution < -0.4 is 16.0 Å². The first-order valence-electron chi connectivity index (χ1n) is 15.4. The van der Waals surface area contributed by atoms with E-state index >= 15 is 0 Å². The zero-order valence-corrected chi connectivity index (χ0v) is 28.4. The normalized spacial score (nSPS) is 36.5. The molecule has 3 heterocycles. The maximum atomic E-state index is 13.2. The van der Waals surface area contributed by atoms with Crippen LogP contribution in [0.25, 0.3) is 0 Å². The van der Waals surface area contributed by atoms with Gasteiger partial charge in [-0.15, -0.1) is 0 Å². The molecule has 270 valence electrons. The first kappa shape index (κ1) is 39.1. The molecule has 0 unspecified atom stereocenters. The van der Waals surface area contributed by atoms with E-state index in [-0.39, 0.29) is 13.2 Å². The van der Waals surface area contributed by atoms with Gasteiger partial charge in [0, 0.05) is 47.9 Å². The Bertz CT molecular complexity index is 1140. The SMILES string of the molecule is COC(=O)[C@@]1(OCC[Si](C)(C)C)C[C@H](O)[C@@H](NC(C)=O)[C@H]([C@H](O)[C@H]2CNC(=O)[C@]3(C[C@H](O)[C@@H](NC(C)=O)[C@H]([C@H](O)[C@H](O)CO)O3)O2)O1. The first-order chi connectivity index (χ1) is 21.8. The van der Waals surface area contributed by atoms with E-state index in [4.69, 9.17) is 23.7 Å². The zero-order chi connectivity index (χ0) is 35.5. The number of hydrogen-bond donors (Lipinski definition) is 9. The molecule has 3 rings (SSSR count). The van der Waals surface area contributed by atoms with Crippen molar-refractivity contribution >= 4 is 31.8 Å². The molecule has 47 heavy (non-hydrogen) atoms. The number of ether oxygens (including phenoxy) is 5. The lowest BCUT2D eigenvalue weighted by Crippen LogP contribution is -2.74. The number of aliphatic hydroxyl groups is 6. The van der Waals surface area contributed by atoms with Crippen LogP contribution in [0, 0.1) is 0 Å². The average molecular weight is 696 g/mol. The van der Waals surface area contributed by atoms with Crippen molar-refractivity contribution in [1.82, 2.24) is 16.0 Å². The minimum atomic E-state index is -2.41. The summed E-state index contributed by atoms with van der Waals surface area (Å²) in [6.07, 6.45) is -14.5. The Morgan fingerprint density at radius 3 is 2.09 bits per heavy atom. The third-order valence-electron chi connectivity index (χ3n) is 8.36. The predicted octanol–water partition coefficient (Wildman–Crippen LogP) is -4.19. The summed E-state index contributed by atoms with van der Waals surface area (Å²) in [6, 6.07) is -2.06. The summed E-state index contributed by atoms with van der Waals surface area (Å²) in [5.41, 5.74) is 0. The van der Waals surface area contributed by atoms with Crippen LogP contribution in [0.1, 0.15) is 26.7 Å². The molecule has 3 fully saturated rings. The number of nitrogens with one attached hydrogen (secondary N) is 3. The fourth-order valence-electron chi connectivity index (χ4n) is 5.89. The highest BCUT2D eigenvalue weighted by Crippen LogP contribution is 2.39. The van der Waals surface area contributed by atoms with Gasteiger partial charge >= 0.3 is 5.97 Å². The molecule has 0 radical (unpaired) electrons. The molecule has 9 N–H and O–H groups in total. The Balaban J connectivity index is 1.98. The Morgan fingerprint density at radius 2 is 1.55 bits per heavy atom. The molecule has 0 aromatic heterocycles. The molecule has 12 atom stereocenters.